The molecule has 6 nitrogen and oxygen atoms in total. The zero-order valence-electron chi connectivity index (χ0n) is 17.2. The van der Waals surface area contributed by atoms with E-state index in [-0.39, 0.29) is 12.2 Å². The number of nitrogens with zero attached hydrogens (tertiary/aromatic N) is 1. The van der Waals surface area contributed by atoms with E-state index in [2.05, 4.69) is 10.1 Å². The molecule has 160 valence electrons. The molecule has 32 heavy (non-hydrogen) atoms. The first-order valence-corrected chi connectivity index (χ1v) is 9.96. The van der Waals surface area contributed by atoms with Crippen LogP contribution in [0, 0.1) is 11.3 Å². The van der Waals surface area contributed by atoms with Gasteiger partial charge < -0.3 is 14.8 Å². The highest BCUT2D eigenvalue weighted by Gasteiger charge is 2.13. The summed E-state index contributed by atoms with van der Waals surface area (Å²) < 4.78 is 10.6. The van der Waals surface area contributed by atoms with Crippen molar-refractivity contribution < 1.29 is 19.1 Å². The minimum absolute atomic E-state index is 0.0941. The first kappa shape index (κ1) is 22.6. The fourth-order valence-corrected chi connectivity index (χ4v) is 2.99. The van der Waals surface area contributed by atoms with Crippen molar-refractivity contribution in [2.24, 2.45) is 0 Å². The number of hydrogen-bond acceptors (Lipinski definition) is 5. The van der Waals surface area contributed by atoms with Gasteiger partial charge in [-0.25, -0.2) is 4.79 Å². The Hall–Kier alpha value is -4.08. The highest BCUT2D eigenvalue weighted by molar-refractivity contribution is 6.34. The van der Waals surface area contributed by atoms with Gasteiger partial charge in [0.05, 0.1) is 23.4 Å². The molecule has 0 bridgehead atoms. The number of anilines is 1. The van der Waals surface area contributed by atoms with E-state index in [0.717, 1.165) is 5.56 Å². The van der Waals surface area contributed by atoms with E-state index in [0.29, 0.717) is 27.6 Å². The fraction of sp³-hybridized carbons (Fsp3) is 0.0800. The molecule has 0 aliphatic rings. The summed E-state index contributed by atoms with van der Waals surface area (Å²) in [6.45, 7) is 0.236. The molecular formula is C25H19ClN2O4. The minimum Gasteiger partial charge on any atom is -0.488 e. The van der Waals surface area contributed by atoms with E-state index in [1.807, 2.05) is 6.07 Å². The second kappa shape index (κ2) is 10.8. The number of carbonyl (C=O) groups is 2. The topological polar surface area (TPSA) is 88.4 Å². The van der Waals surface area contributed by atoms with Crippen molar-refractivity contribution in [1.29, 1.82) is 5.26 Å². The molecule has 0 saturated heterocycles. The molecule has 3 aromatic rings. The van der Waals surface area contributed by atoms with Gasteiger partial charge in [0.2, 0.25) is 0 Å². The Morgan fingerprint density at radius 3 is 2.41 bits per heavy atom. The number of benzene rings is 3. The highest BCUT2D eigenvalue weighted by Crippen LogP contribution is 2.24. The molecule has 3 aromatic carbocycles. The smallest absolute Gasteiger partial charge is 0.337 e. The van der Waals surface area contributed by atoms with Crippen molar-refractivity contribution >= 4 is 35.2 Å². The lowest BCUT2D eigenvalue weighted by Gasteiger charge is -2.10. The van der Waals surface area contributed by atoms with E-state index in [9.17, 15) is 14.9 Å². The molecule has 0 saturated carbocycles. The van der Waals surface area contributed by atoms with Crippen molar-refractivity contribution in [3.8, 4) is 11.8 Å². The van der Waals surface area contributed by atoms with Crippen LogP contribution in [0.2, 0.25) is 5.02 Å². The third kappa shape index (κ3) is 5.75. The standard InChI is InChI=1S/C25H19ClN2O4/c1-31-25(30)18-12-10-17(11-13-18)16-32-23-9-5-2-6-19(23)14-20(15-27)24(29)28-22-8-4-3-7-21(22)26/h2-14H,16H2,1H3,(H,28,29)/b20-14+. The van der Waals surface area contributed by atoms with Crippen LogP contribution < -0.4 is 10.1 Å². The van der Waals surface area contributed by atoms with E-state index < -0.39 is 11.9 Å². The number of halogens is 1. The second-order valence-electron chi connectivity index (χ2n) is 6.62. The normalized spacial score (nSPS) is 10.7. The Kier molecular flexibility index (Phi) is 7.63. The summed E-state index contributed by atoms with van der Waals surface area (Å²) in [5, 5.41) is 12.5. The Morgan fingerprint density at radius 1 is 1.03 bits per heavy atom. The lowest BCUT2D eigenvalue weighted by Crippen LogP contribution is -2.13. The van der Waals surface area contributed by atoms with Crippen LogP contribution in [0.25, 0.3) is 6.08 Å². The number of methoxy groups -OCH3 is 1. The van der Waals surface area contributed by atoms with Crippen LogP contribution in [0.3, 0.4) is 0 Å². The molecule has 0 radical (unpaired) electrons. The maximum Gasteiger partial charge on any atom is 0.337 e. The lowest BCUT2D eigenvalue weighted by atomic mass is 10.1. The largest absolute Gasteiger partial charge is 0.488 e. The van der Waals surface area contributed by atoms with Gasteiger partial charge in [0, 0.05) is 5.56 Å². The number of nitriles is 1. The second-order valence-corrected chi connectivity index (χ2v) is 7.03. The number of carbonyl (C=O) groups excluding carboxylic acids is 2. The van der Waals surface area contributed by atoms with Gasteiger partial charge in [-0.15, -0.1) is 0 Å². The molecule has 0 aliphatic carbocycles. The van der Waals surface area contributed by atoms with Crippen LogP contribution in [0.5, 0.6) is 5.75 Å². The summed E-state index contributed by atoms with van der Waals surface area (Å²) >= 11 is 6.07. The van der Waals surface area contributed by atoms with Gasteiger partial charge in [0.15, 0.2) is 0 Å². The Balaban J connectivity index is 1.75. The maximum absolute atomic E-state index is 12.6. The van der Waals surface area contributed by atoms with Crippen LogP contribution in [-0.4, -0.2) is 19.0 Å². The summed E-state index contributed by atoms with van der Waals surface area (Å²) in [7, 11) is 1.33. The maximum atomic E-state index is 12.6. The average molecular weight is 447 g/mol. The number of para-hydroxylation sites is 2. The monoisotopic (exact) mass is 446 g/mol. The summed E-state index contributed by atoms with van der Waals surface area (Å²) in [4.78, 5) is 24.1. The van der Waals surface area contributed by atoms with Gasteiger partial charge in [-0.2, -0.15) is 5.26 Å². The Morgan fingerprint density at radius 2 is 1.72 bits per heavy atom. The molecule has 1 amide bonds. The molecule has 3 rings (SSSR count). The molecule has 1 N–H and O–H groups in total. The fourth-order valence-electron chi connectivity index (χ4n) is 2.80. The van der Waals surface area contributed by atoms with E-state index in [4.69, 9.17) is 16.3 Å². The van der Waals surface area contributed by atoms with Crippen molar-refractivity contribution in [2.45, 2.75) is 6.61 Å². The first-order valence-electron chi connectivity index (χ1n) is 9.58. The number of esters is 1. The van der Waals surface area contributed by atoms with Gasteiger partial charge in [0.1, 0.15) is 24.0 Å². The van der Waals surface area contributed by atoms with Crippen molar-refractivity contribution in [1.82, 2.24) is 0 Å². The molecule has 0 spiro atoms. The molecule has 0 fully saturated rings. The number of rotatable bonds is 7. The number of hydrogen-bond donors (Lipinski definition) is 1. The van der Waals surface area contributed by atoms with Gasteiger partial charge in [-0.3, -0.25) is 4.79 Å². The van der Waals surface area contributed by atoms with Gasteiger partial charge in [0.25, 0.3) is 5.91 Å². The van der Waals surface area contributed by atoms with Crippen molar-refractivity contribution in [3.63, 3.8) is 0 Å². The number of ether oxygens (including phenoxy) is 2. The van der Waals surface area contributed by atoms with Crippen LogP contribution in [0.15, 0.2) is 78.4 Å². The van der Waals surface area contributed by atoms with Crippen LogP contribution >= 0.6 is 11.6 Å². The molecule has 0 heterocycles. The van der Waals surface area contributed by atoms with Crippen LogP contribution in [0.1, 0.15) is 21.5 Å². The molecular weight excluding hydrogens is 428 g/mol. The zero-order chi connectivity index (χ0) is 22.9. The molecule has 0 unspecified atom stereocenters. The van der Waals surface area contributed by atoms with E-state index >= 15 is 0 Å². The lowest BCUT2D eigenvalue weighted by molar-refractivity contribution is -0.112. The SMILES string of the molecule is COC(=O)c1ccc(COc2ccccc2/C=C(\C#N)C(=O)Nc2ccccc2Cl)cc1. The van der Waals surface area contributed by atoms with Crippen LogP contribution in [-0.2, 0) is 16.1 Å². The number of amides is 1. The highest BCUT2D eigenvalue weighted by atomic mass is 35.5. The zero-order valence-corrected chi connectivity index (χ0v) is 17.9. The van der Waals surface area contributed by atoms with Gasteiger partial charge in [-0.1, -0.05) is 54.1 Å². The van der Waals surface area contributed by atoms with Crippen molar-refractivity contribution in [3.05, 3.63) is 100 Å². The Labute approximate surface area is 190 Å². The third-order valence-electron chi connectivity index (χ3n) is 4.48. The average Bonchev–Trinajstić information content (AvgIpc) is 2.83. The number of nitrogens with one attached hydrogen (secondary N) is 1. The quantitative estimate of drug-likeness (QED) is 0.304. The van der Waals surface area contributed by atoms with E-state index in [1.165, 1.54) is 13.2 Å². The minimum atomic E-state index is -0.575. The third-order valence-corrected chi connectivity index (χ3v) is 4.80. The van der Waals surface area contributed by atoms with E-state index in [1.54, 1.807) is 72.8 Å². The summed E-state index contributed by atoms with van der Waals surface area (Å²) in [5.74, 6) is -0.483. The summed E-state index contributed by atoms with van der Waals surface area (Å²) in [5.41, 5.74) is 2.18. The molecule has 0 aliphatic heterocycles. The molecule has 0 atom stereocenters. The predicted molar refractivity (Wildman–Crippen MR) is 122 cm³/mol. The van der Waals surface area contributed by atoms with Crippen LogP contribution in [0.4, 0.5) is 5.69 Å². The van der Waals surface area contributed by atoms with Crippen molar-refractivity contribution in [2.75, 3.05) is 12.4 Å². The molecule has 0 aromatic heterocycles. The first-order chi connectivity index (χ1) is 15.5. The predicted octanol–water partition coefficient (Wildman–Crippen LogP) is 5.25. The Bertz CT molecular complexity index is 1200. The summed E-state index contributed by atoms with van der Waals surface area (Å²) in [6, 6.07) is 22.6. The van der Waals surface area contributed by atoms with Gasteiger partial charge in [-0.05, 0) is 42.0 Å². The molecule has 7 heteroatoms. The van der Waals surface area contributed by atoms with Gasteiger partial charge >= 0.3 is 5.97 Å². The summed E-state index contributed by atoms with van der Waals surface area (Å²) in [6.07, 6.45) is 1.46.